The van der Waals surface area contributed by atoms with Crippen LogP contribution in [0.2, 0.25) is 0 Å². The molecule has 2 unspecified atom stereocenters. The van der Waals surface area contributed by atoms with Gasteiger partial charge in [-0.25, -0.2) is 4.98 Å². The summed E-state index contributed by atoms with van der Waals surface area (Å²) in [5.41, 5.74) is 2.57. The average Bonchev–Trinajstić information content (AvgIpc) is 3.31. The van der Waals surface area contributed by atoms with Gasteiger partial charge in [0.15, 0.2) is 5.96 Å². The molecule has 2 saturated heterocycles. The molecule has 0 aliphatic carbocycles. The molecule has 0 bridgehead atoms. The van der Waals surface area contributed by atoms with Gasteiger partial charge in [-0.1, -0.05) is 29.8 Å². The van der Waals surface area contributed by atoms with Crippen molar-refractivity contribution in [3.63, 3.8) is 0 Å². The molecule has 2 atom stereocenters. The van der Waals surface area contributed by atoms with Crippen molar-refractivity contribution >= 4 is 5.96 Å². The van der Waals surface area contributed by atoms with Crippen LogP contribution in [0.15, 0.2) is 35.6 Å². The van der Waals surface area contributed by atoms with E-state index >= 15 is 0 Å². The molecule has 2 fully saturated rings. The summed E-state index contributed by atoms with van der Waals surface area (Å²) >= 11 is 0. The first-order valence-corrected chi connectivity index (χ1v) is 10.7. The molecule has 29 heavy (non-hydrogen) atoms. The fraction of sp³-hybridized carbons (Fsp3) is 0.591. The van der Waals surface area contributed by atoms with Crippen LogP contribution in [0.4, 0.5) is 0 Å². The van der Waals surface area contributed by atoms with Crippen molar-refractivity contribution in [1.82, 2.24) is 25.4 Å². The molecular weight excluding hydrogens is 364 g/mol. The summed E-state index contributed by atoms with van der Waals surface area (Å²) in [4.78, 5) is 11.2. The van der Waals surface area contributed by atoms with E-state index in [4.69, 9.17) is 4.74 Å². The number of hydrogen-bond donors (Lipinski definition) is 2. The fourth-order valence-electron chi connectivity index (χ4n) is 4.51. The number of benzene rings is 1. The predicted octanol–water partition coefficient (Wildman–Crippen LogP) is 3.04. The molecule has 156 valence electrons. The second kappa shape index (κ2) is 9.39. The van der Waals surface area contributed by atoms with Crippen LogP contribution < -0.4 is 5.32 Å². The minimum atomic E-state index is 0.159. The maximum absolute atomic E-state index is 6.17. The van der Waals surface area contributed by atoms with Crippen LogP contribution in [0.3, 0.4) is 0 Å². The summed E-state index contributed by atoms with van der Waals surface area (Å²) in [7, 11) is 1.87. The molecule has 3 heterocycles. The first kappa shape index (κ1) is 19.9. The highest BCUT2D eigenvalue weighted by Gasteiger charge is 2.29. The number of guanidine groups is 1. The molecule has 0 amide bonds. The maximum Gasteiger partial charge on any atom is 0.193 e. The van der Waals surface area contributed by atoms with Crippen LogP contribution in [-0.4, -0.2) is 59.3 Å². The van der Waals surface area contributed by atoms with Gasteiger partial charge in [-0.2, -0.15) is 5.10 Å². The van der Waals surface area contributed by atoms with E-state index in [1.807, 2.05) is 7.05 Å². The molecule has 1 aromatic heterocycles. The lowest BCUT2D eigenvalue weighted by Gasteiger charge is -2.36. The van der Waals surface area contributed by atoms with Gasteiger partial charge in [-0.05, 0) is 38.2 Å². The highest BCUT2D eigenvalue weighted by atomic mass is 16.5. The lowest BCUT2D eigenvalue weighted by atomic mass is 9.89. The Morgan fingerprint density at radius 3 is 2.72 bits per heavy atom. The third-order valence-corrected chi connectivity index (χ3v) is 6.20. The molecule has 0 radical (unpaired) electrons. The molecule has 7 nitrogen and oxygen atoms in total. The number of nitrogens with zero attached hydrogens (tertiary/aromatic N) is 4. The number of likely N-dealkylation sites (tertiary alicyclic amines) is 1. The Morgan fingerprint density at radius 2 is 2.03 bits per heavy atom. The van der Waals surface area contributed by atoms with Crippen molar-refractivity contribution in [3.8, 4) is 0 Å². The van der Waals surface area contributed by atoms with Gasteiger partial charge in [0.05, 0.1) is 6.10 Å². The van der Waals surface area contributed by atoms with Gasteiger partial charge in [-0.3, -0.25) is 10.1 Å². The maximum atomic E-state index is 6.17. The topological polar surface area (TPSA) is 78.4 Å². The van der Waals surface area contributed by atoms with Crippen molar-refractivity contribution in [2.75, 3.05) is 33.3 Å². The van der Waals surface area contributed by atoms with E-state index in [1.54, 1.807) is 6.33 Å². The number of aromatic nitrogens is 3. The number of piperidine rings is 1. The van der Waals surface area contributed by atoms with E-state index in [1.165, 1.54) is 17.5 Å². The van der Waals surface area contributed by atoms with Gasteiger partial charge in [0, 0.05) is 45.1 Å². The van der Waals surface area contributed by atoms with Gasteiger partial charge >= 0.3 is 0 Å². The Morgan fingerprint density at radius 1 is 1.24 bits per heavy atom. The quantitative estimate of drug-likeness (QED) is 0.613. The number of aliphatic imine (C=N–C) groups is 1. The zero-order chi connectivity index (χ0) is 20.1. The second-order valence-corrected chi connectivity index (χ2v) is 8.16. The van der Waals surface area contributed by atoms with Crippen LogP contribution in [0.25, 0.3) is 0 Å². The van der Waals surface area contributed by atoms with Crippen molar-refractivity contribution in [1.29, 1.82) is 0 Å². The van der Waals surface area contributed by atoms with Crippen LogP contribution in [0.5, 0.6) is 0 Å². The normalized spacial score (nSPS) is 23.9. The summed E-state index contributed by atoms with van der Waals surface area (Å²) in [6.45, 7) is 5.81. The van der Waals surface area contributed by atoms with E-state index in [-0.39, 0.29) is 6.10 Å². The Kier molecular flexibility index (Phi) is 6.44. The van der Waals surface area contributed by atoms with Crippen LogP contribution in [-0.2, 0) is 4.74 Å². The number of rotatable bonds is 4. The molecule has 0 saturated carbocycles. The van der Waals surface area contributed by atoms with Gasteiger partial charge in [0.1, 0.15) is 12.2 Å². The Bertz CT molecular complexity index is 780. The second-order valence-electron chi connectivity index (χ2n) is 8.16. The Balaban J connectivity index is 1.33. The molecule has 1 aromatic carbocycles. The number of hydrogen-bond acceptors (Lipinski definition) is 4. The molecule has 0 spiro atoms. The third kappa shape index (κ3) is 4.78. The summed E-state index contributed by atoms with van der Waals surface area (Å²) in [6.07, 6.45) is 6.18. The molecule has 2 aliphatic rings. The minimum Gasteiger partial charge on any atom is -0.373 e. The smallest absolute Gasteiger partial charge is 0.193 e. The summed E-state index contributed by atoms with van der Waals surface area (Å²) in [5, 5.41) is 10.6. The molecule has 7 heteroatoms. The monoisotopic (exact) mass is 396 g/mol. The number of aromatic amines is 1. The van der Waals surface area contributed by atoms with Crippen molar-refractivity contribution in [2.24, 2.45) is 10.9 Å². The van der Waals surface area contributed by atoms with Crippen molar-refractivity contribution < 1.29 is 4.74 Å². The molecular formula is C22H32N6O. The zero-order valence-electron chi connectivity index (χ0n) is 17.5. The highest BCUT2D eigenvalue weighted by Crippen LogP contribution is 2.33. The molecule has 2 aliphatic heterocycles. The Labute approximate surface area is 173 Å². The standard InChI is InChI=1S/C22H32N6O/c1-16-5-7-17(8-6-16)20-19(4-3-13-29-20)14-24-22(23-2)28-11-9-18(10-12-28)21-25-15-26-27-21/h5-8,15,18-20H,3-4,9-14H2,1-2H3,(H,23,24)(H,25,26,27). The molecule has 2 aromatic rings. The predicted molar refractivity (Wildman–Crippen MR) is 114 cm³/mol. The summed E-state index contributed by atoms with van der Waals surface area (Å²) in [5.74, 6) is 2.92. The lowest BCUT2D eigenvalue weighted by molar-refractivity contribution is -0.0267. The van der Waals surface area contributed by atoms with Crippen molar-refractivity contribution in [2.45, 2.75) is 44.6 Å². The van der Waals surface area contributed by atoms with Crippen LogP contribution in [0, 0.1) is 12.8 Å². The SMILES string of the molecule is CN=C(NCC1CCCOC1c1ccc(C)cc1)N1CCC(c2ncn[nH]2)CC1. The van der Waals surface area contributed by atoms with Gasteiger partial charge < -0.3 is 15.0 Å². The van der Waals surface area contributed by atoms with Gasteiger partial charge in [0.25, 0.3) is 0 Å². The van der Waals surface area contributed by atoms with E-state index in [9.17, 15) is 0 Å². The van der Waals surface area contributed by atoms with E-state index < -0.39 is 0 Å². The largest absolute Gasteiger partial charge is 0.373 e. The van der Waals surface area contributed by atoms with E-state index in [0.717, 1.165) is 57.3 Å². The molecule has 4 rings (SSSR count). The molecule has 2 N–H and O–H groups in total. The fourth-order valence-corrected chi connectivity index (χ4v) is 4.51. The highest BCUT2D eigenvalue weighted by molar-refractivity contribution is 5.80. The van der Waals surface area contributed by atoms with E-state index in [0.29, 0.717) is 11.8 Å². The summed E-state index contributed by atoms with van der Waals surface area (Å²) < 4.78 is 6.17. The average molecular weight is 397 g/mol. The van der Waals surface area contributed by atoms with Crippen molar-refractivity contribution in [3.05, 3.63) is 47.5 Å². The number of H-pyrrole nitrogens is 1. The number of ether oxygens (including phenoxy) is 1. The summed E-state index contributed by atoms with van der Waals surface area (Å²) in [6, 6.07) is 8.77. The van der Waals surface area contributed by atoms with Crippen LogP contribution in [0.1, 0.15) is 54.7 Å². The van der Waals surface area contributed by atoms with E-state index in [2.05, 4.69) is 61.6 Å². The minimum absolute atomic E-state index is 0.159. The first-order chi connectivity index (χ1) is 14.2. The van der Waals surface area contributed by atoms with Crippen LogP contribution >= 0.6 is 0 Å². The number of nitrogens with one attached hydrogen (secondary N) is 2. The number of aryl methyl sites for hydroxylation is 1. The van der Waals surface area contributed by atoms with Gasteiger partial charge in [0.2, 0.25) is 0 Å². The lowest BCUT2D eigenvalue weighted by Crippen LogP contribution is -2.47. The third-order valence-electron chi connectivity index (χ3n) is 6.20. The Hall–Kier alpha value is -2.41. The zero-order valence-corrected chi connectivity index (χ0v) is 17.5. The van der Waals surface area contributed by atoms with Gasteiger partial charge in [-0.15, -0.1) is 0 Å². The first-order valence-electron chi connectivity index (χ1n) is 10.7.